The van der Waals surface area contributed by atoms with Gasteiger partial charge in [0, 0.05) is 34.2 Å². The van der Waals surface area contributed by atoms with Crippen molar-refractivity contribution in [1.82, 2.24) is 4.90 Å². The number of aliphatic imine (C=N–C) groups is 1. The van der Waals surface area contributed by atoms with E-state index in [2.05, 4.69) is 4.99 Å². The van der Waals surface area contributed by atoms with Gasteiger partial charge < -0.3 is 5.48 Å². The van der Waals surface area contributed by atoms with Crippen molar-refractivity contribution in [2.75, 3.05) is 24.2 Å². The molecule has 2 aliphatic rings. The zero-order chi connectivity index (χ0) is 16.0. The Morgan fingerprint density at radius 2 is 1.79 bits per heavy atom. The van der Waals surface area contributed by atoms with E-state index in [0.29, 0.717) is 24.6 Å². The van der Waals surface area contributed by atoms with Crippen molar-refractivity contribution >= 4 is 34.0 Å². The molecule has 0 saturated carbocycles. The zero-order valence-electron chi connectivity index (χ0n) is 13.1. The molecule has 0 bridgehead atoms. The van der Waals surface area contributed by atoms with E-state index in [1.165, 1.54) is 0 Å². The molecule has 7 heteroatoms. The summed E-state index contributed by atoms with van der Waals surface area (Å²) in [5.74, 6) is 0.665. The van der Waals surface area contributed by atoms with Crippen molar-refractivity contribution in [3.63, 3.8) is 0 Å². The molecule has 4 rings (SSSR count). The van der Waals surface area contributed by atoms with Crippen LogP contribution < -0.4 is 4.90 Å². The van der Waals surface area contributed by atoms with Crippen LogP contribution in [0.2, 0.25) is 0 Å². The molecular weight excluding hydrogens is 326 g/mol. The summed E-state index contributed by atoms with van der Waals surface area (Å²) in [7, 11) is -1.01. The normalized spacial score (nSPS) is 16.9. The predicted octanol–water partition coefficient (Wildman–Crippen LogP) is 1.56. The first-order valence-corrected chi connectivity index (χ1v) is 8.91. The number of guanidine groups is 1. The topological polar surface area (TPSA) is 84.5 Å². The highest BCUT2D eigenvalue weighted by Crippen LogP contribution is 2.36. The third-order valence-corrected chi connectivity index (χ3v) is 5.00. The van der Waals surface area contributed by atoms with Crippen molar-refractivity contribution < 1.29 is 14.5 Å². The van der Waals surface area contributed by atoms with Crippen LogP contribution in [-0.2, 0) is 10.8 Å². The Morgan fingerprint density at radius 3 is 2.50 bits per heavy atom. The summed E-state index contributed by atoms with van der Waals surface area (Å²) in [6.45, 7) is 1.22. The van der Waals surface area contributed by atoms with Gasteiger partial charge in [-0.15, -0.1) is 0 Å². The van der Waals surface area contributed by atoms with Crippen molar-refractivity contribution in [2.45, 2.75) is 4.90 Å². The van der Waals surface area contributed by atoms with E-state index in [-0.39, 0.29) is 11.4 Å². The molecule has 2 aromatic rings. The van der Waals surface area contributed by atoms with Crippen LogP contribution in [0.5, 0.6) is 0 Å². The van der Waals surface area contributed by atoms with Gasteiger partial charge in [-0.3, -0.25) is 23.8 Å². The quantitative estimate of drug-likeness (QED) is 0.829. The molecule has 1 amide bonds. The number of benzene rings is 2. The van der Waals surface area contributed by atoms with E-state index in [4.69, 9.17) is 0 Å². The Morgan fingerprint density at radius 1 is 1.08 bits per heavy atom. The lowest BCUT2D eigenvalue weighted by atomic mass is 10.1. The van der Waals surface area contributed by atoms with Gasteiger partial charge >= 0.3 is 0 Å². The van der Waals surface area contributed by atoms with Gasteiger partial charge in [-0.1, -0.05) is 12.1 Å². The lowest BCUT2D eigenvalue weighted by Crippen LogP contribution is -2.47. The van der Waals surface area contributed by atoms with Gasteiger partial charge in [0.05, 0.1) is 17.8 Å². The number of amides is 1. The molecular formula is C17H17N3O3S. The maximum atomic E-state index is 12.6. The summed E-state index contributed by atoms with van der Waals surface area (Å²) in [6, 6.07) is 15.1. The van der Waals surface area contributed by atoms with Gasteiger partial charge in [0.25, 0.3) is 5.91 Å². The predicted molar refractivity (Wildman–Crippen MR) is 94.3 cm³/mol. The lowest BCUT2D eigenvalue weighted by molar-refractivity contribution is 0.0853. The van der Waals surface area contributed by atoms with E-state index in [9.17, 15) is 9.00 Å². The lowest BCUT2D eigenvalue weighted by Gasteiger charge is -2.35. The second kappa shape index (κ2) is 6.18. The number of nitrogens with zero attached hydrogens (tertiary/aromatic N) is 3. The highest BCUT2D eigenvalue weighted by molar-refractivity contribution is 7.84. The Hall–Kier alpha value is -2.51. The molecule has 1 unspecified atom stereocenters. The van der Waals surface area contributed by atoms with Crippen LogP contribution in [0.3, 0.4) is 0 Å². The van der Waals surface area contributed by atoms with Gasteiger partial charge in [0.2, 0.25) is 5.96 Å². The molecule has 0 spiro atoms. The minimum atomic E-state index is -1.01. The number of rotatable bonds is 2. The summed E-state index contributed by atoms with van der Waals surface area (Å²) in [5, 5.41) is 0. The zero-order valence-corrected chi connectivity index (χ0v) is 13.9. The third kappa shape index (κ3) is 2.42. The fourth-order valence-electron chi connectivity index (χ4n) is 2.96. The van der Waals surface area contributed by atoms with E-state index in [1.54, 1.807) is 11.2 Å². The molecule has 0 aliphatic carbocycles. The molecule has 0 saturated heterocycles. The molecule has 2 N–H and O–H groups in total. The standard InChI is InChI=1S/C17H15N3O2S.H2O/c1-23(22)13-8-6-12(7-9-13)20-15-5-3-2-4-14(15)16(21)19-11-10-18-17(19)20;/h2-9H,10-11H2,1H3;1H2. The number of fused-ring (bicyclic) bond motifs is 2. The van der Waals surface area contributed by atoms with E-state index >= 15 is 0 Å². The van der Waals surface area contributed by atoms with Crippen molar-refractivity contribution in [3.8, 4) is 0 Å². The Balaban J connectivity index is 0.00000169. The number of hydrogen-bond donors (Lipinski definition) is 0. The van der Waals surface area contributed by atoms with Crippen LogP contribution >= 0.6 is 0 Å². The van der Waals surface area contributed by atoms with Crippen molar-refractivity contribution in [1.29, 1.82) is 0 Å². The first-order chi connectivity index (χ1) is 11.2. The van der Waals surface area contributed by atoms with Crippen LogP contribution in [0, 0.1) is 0 Å². The fourth-order valence-corrected chi connectivity index (χ4v) is 3.48. The summed E-state index contributed by atoms with van der Waals surface area (Å²) >= 11 is 0. The smallest absolute Gasteiger partial charge is 0.262 e. The number of carbonyl (C=O) groups is 1. The first kappa shape index (κ1) is 16.4. The molecule has 0 fully saturated rings. The van der Waals surface area contributed by atoms with Crippen LogP contribution in [0.25, 0.3) is 0 Å². The fraction of sp³-hybridized carbons (Fsp3) is 0.176. The van der Waals surface area contributed by atoms with Crippen molar-refractivity contribution in [3.05, 3.63) is 54.1 Å². The average Bonchev–Trinajstić information content (AvgIpc) is 3.05. The van der Waals surface area contributed by atoms with Crippen LogP contribution in [0.4, 0.5) is 11.4 Å². The molecule has 124 valence electrons. The number of carbonyl (C=O) groups excluding carboxylic acids is 1. The number of anilines is 2. The summed E-state index contributed by atoms with van der Waals surface area (Å²) in [4.78, 5) is 21.6. The monoisotopic (exact) mass is 343 g/mol. The third-order valence-electron chi connectivity index (χ3n) is 4.07. The molecule has 2 aromatic carbocycles. The van der Waals surface area contributed by atoms with Crippen molar-refractivity contribution in [2.24, 2.45) is 4.99 Å². The van der Waals surface area contributed by atoms with Gasteiger partial charge in [-0.05, 0) is 36.4 Å². The summed E-state index contributed by atoms with van der Waals surface area (Å²) in [5.41, 5.74) is 2.42. The van der Waals surface area contributed by atoms with E-state index in [0.717, 1.165) is 16.3 Å². The molecule has 24 heavy (non-hydrogen) atoms. The van der Waals surface area contributed by atoms with E-state index in [1.807, 2.05) is 53.4 Å². The van der Waals surface area contributed by atoms with Crippen LogP contribution in [-0.4, -0.2) is 45.8 Å². The van der Waals surface area contributed by atoms with Crippen LogP contribution in [0.1, 0.15) is 10.4 Å². The molecule has 2 aliphatic heterocycles. The number of hydrogen-bond acceptors (Lipinski definition) is 4. The molecule has 6 nitrogen and oxygen atoms in total. The maximum Gasteiger partial charge on any atom is 0.262 e. The summed E-state index contributed by atoms with van der Waals surface area (Å²) < 4.78 is 11.6. The second-order valence-electron chi connectivity index (χ2n) is 5.44. The highest BCUT2D eigenvalue weighted by Gasteiger charge is 2.37. The van der Waals surface area contributed by atoms with Gasteiger partial charge in [-0.25, -0.2) is 0 Å². The van der Waals surface area contributed by atoms with Gasteiger partial charge in [0.1, 0.15) is 0 Å². The average molecular weight is 343 g/mol. The summed E-state index contributed by atoms with van der Waals surface area (Å²) in [6.07, 6.45) is 1.66. The Kier molecular flexibility index (Phi) is 4.21. The first-order valence-electron chi connectivity index (χ1n) is 7.36. The van der Waals surface area contributed by atoms with E-state index < -0.39 is 10.8 Å². The second-order valence-corrected chi connectivity index (χ2v) is 6.82. The molecule has 1 atom stereocenters. The Labute approximate surface area is 142 Å². The minimum Gasteiger partial charge on any atom is -0.412 e. The Bertz CT molecular complexity index is 848. The number of para-hydroxylation sites is 1. The van der Waals surface area contributed by atoms with Crippen LogP contribution in [0.15, 0.2) is 58.4 Å². The molecule has 0 radical (unpaired) electrons. The van der Waals surface area contributed by atoms with Gasteiger partial charge in [-0.2, -0.15) is 0 Å². The molecule has 2 heterocycles. The SMILES string of the molecule is CS(=O)c1ccc(N2C3=NCCN3C(=O)c3ccccc32)cc1.O. The largest absolute Gasteiger partial charge is 0.412 e. The highest BCUT2D eigenvalue weighted by atomic mass is 32.2. The molecule has 0 aromatic heterocycles. The minimum absolute atomic E-state index is 0. The van der Waals surface area contributed by atoms with Gasteiger partial charge in [0.15, 0.2) is 0 Å². The maximum absolute atomic E-state index is 12.6.